The SMILES string of the molecule is CC12OC1C1CC(=O)CC2(CCC2CO2)O1. The second-order valence-electron chi connectivity index (χ2n) is 5.71. The Balaban J connectivity index is 1.60. The third-order valence-electron chi connectivity index (χ3n) is 4.66. The van der Waals surface area contributed by atoms with Crippen molar-refractivity contribution in [1.29, 1.82) is 0 Å². The minimum Gasteiger partial charge on any atom is -0.373 e. The molecule has 0 aliphatic carbocycles. The number of rotatable bonds is 3. The van der Waals surface area contributed by atoms with Crippen molar-refractivity contribution in [1.82, 2.24) is 0 Å². The molecule has 4 nitrogen and oxygen atoms in total. The van der Waals surface area contributed by atoms with E-state index in [1.807, 2.05) is 0 Å². The van der Waals surface area contributed by atoms with Crippen LogP contribution in [-0.2, 0) is 19.0 Å². The van der Waals surface area contributed by atoms with Crippen molar-refractivity contribution >= 4 is 5.78 Å². The third kappa shape index (κ3) is 1.08. The monoisotopic (exact) mass is 224 g/mol. The fourth-order valence-electron chi connectivity index (χ4n) is 3.50. The first-order valence-corrected chi connectivity index (χ1v) is 6.12. The zero-order valence-corrected chi connectivity index (χ0v) is 9.40. The van der Waals surface area contributed by atoms with Gasteiger partial charge in [-0.1, -0.05) is 0 Å². The van der Waals surface area contributed by atoms with Crippen LogP contribution in [0.4, 0.5) is 0 Å². The molecule has 0 radical (unpaired) electrons. The quantitative estimate of drug-likeness (QED) is 0.666. The average Bonchev–Trinajstić information content (AvgIpc) is 3.08. The molecule has 0 N–H and O–H groups in total. The van der Waals surface area contributed by atoms with Crippen LogP contribution in [0.2, 0.25) is 0 Å². The largest absolute Gasteiger partial charge is 0.373 e. The predicted molar refractivity (Wildman–Crippen MR) is 54.1 cm³/mol. The number of carbonyl (C=O) groups is 1. The second kappa shape index (κ2) is 2.68. The summed E-state index contributed by atoms with van der Waals surface area (Å²) < 4.78 is 17.1. The maximum absolute atomic E-state index is 11.7. The molecule has 0 amide bonds. The van der Waals surface area contributed by atoms with Crippen LogP contribution in [0.3, 0.4) is 0 Å². The number of carbonyl (C=O) groups excluding carboxylic acids is 1. The summed E-state index contributed by atoms with van der Waals surface area (Å²) in [5.74, 6) is 0.338. The van der Waals surface area contributed by atoms with Gasteiger partial charge in [0.25, 0.3) is 0 Å². The summed E-state index contributed by atoms with van der Waals surface area (Å²) >= 11 is 0. The maximum Gasteiger partial charge on any atom is 0.138 e. The van der Waals surface area contributed by atoms with Gasteiger partial charge in [-0.3, -0.25) is 4.79 Å². The minimum atomic E-state index is -0.344. The van der Waals surface area contributed by atoms with Gasteiger partial charge >= 0.3 is 0 Å². The van der Waals surface area contributed by atoms with E-state index in [9.17, 15) is 4.79 Å². The number of ether oxygens (including phenoxy) is 3. The molecule has 0 aromatic rings. The van der Waals surface area contributed by atoms with Gasteiger partial charge in [-0.05, 0) is 19.8 Å². The van der Waals surface area contributed by atoms with Crippen LogP contribution in [0, 0.1) is 0 Å². The number of epoxide rings is 2. The van der Waals surface area contributed by atoms with Gasteiger partial charge in [0.05, 0.1) is 18.8 Å². The lowest BCUT2D eigenvalue weighted by atomic mass is 9.80. The molecule has 4 rings (SSSR count). The van der Waals surface area contributed by atoms with Crippen molar-refractivity contribution in [3.8, 4) is 0 Å². The van der Waals surface area contributed by atoms with Crippen LogP contribution in [0.1, 0.15) is 32.6 Å². The lowest BCUT2D eigenvalue weighted by Gasteiger charge is -2.38. The highest BCUT2D eigenvalue weighted by Crippen LogP contribution is 2.62. The Morgan fingerprint density at radius 1 is 1.44 bits per heavy atom. The standard InChI is InChI=1S/C12H16O4/c1-11-10(16-11)9-4-7(13)5-12(11,15-9)3-2-8-6-14-8/h8-10H,2-6H2,1H3. The van der Waals surface area contributed by atoms with Crippen molar-refractivity contribution in [2.45, 2.75) is 62.1 Å². The number of hydrogen-bond acceptors (Lipinski definition) is 4. The fraction of sp³-hybridized carbons (Fsp3) is 0.917. The molecule has 4 heteroatoms. The van der Waals surface area contributed by atoms with Crippen LogP contribution in [0.15, 0.2) is 0 Å². The van der Waals surface area contributed by atoms with Crippen LogP contribution in [0.25, 0.3) is 0 Å². The molecule has 4 fully saturated rings. The molecule has 0 aromatic carbocycles. The van der Waals surface area contributed by atoms with Gasteiger partial charge in [0.1, 0.15) is 23.1 Å². The summed E-state index contributed by atoms with van der Waals surface area (Å²) in [6.07, 6.45) is 3.55. The predicted octanol–water partition coefficient (Wildman–Crippen LogP) is 0.823. The van der Waals surface area contributed by atoms with Gasteiger partial charge in [-0.2, -0.15) is 0 Å². The molecule has 16 heavy (non-hydrogen) atoms. The summed E-state index contributed by atoms with van der Waals surface area (Å²) in [5, 5.41) is 0. The molecule has 4 heterocycles. The zero-order chi connectivity index (χ0) is 11.0. The lowest BCUT2D eigenvalue weighted by molar-refractivity contribution is -0.169. The number of Topliss-reactive ketones (excluding diaryl/α,β-unsaturated/α-hetero) is 1. The highest BCUT2D eigenvalue weighted by atomic mass is 16.7. The first kappa shape index (κ1) is 9.57. The first-order valence-electron chi connectivity index (χ1n) is 6.12. The molecule has 5 unspecified atom stereocenters. The van der Waals surface area contributed by atoms with Crippen LogP contribution in [0.5, 0.6) is 0 Å². The summed E-state index contributed by atoms with van der Waals surface area (Å²) in [5.41, 5.74) is -0.539. The van der Waals surface area contributed by atoms with E-state index in [2.05, 4.69) is 6.92 Å². The Morgan fingerprint density at radius 2 is 2.25 bits per heavy atom. The summed E-state index contributed by atoms with van der Waals surface area (Å²) in [6, 6.07) is 0. The van der Waals surface area contributed by atoms with E-state index in [-0.39, 0.29) is 23.4 Å². The van der Waals surface area contributed by atoms with Gasteiger partial charge in [-0.25, -0.2) is 0 Å². The van der Waals surface area contributed by atoms with Crippen molar-refractivity contribution < 1.29 is 19.0 Å². The molecule has 5 atom stereocenters. The van der Waals surface area contributed by atoms with Gasteiger partial charge in [0, 0.05) is 12.8 Å². The molecule has 0 spiro atoms. The molecule has 4 aliphatic rings. The van der Waals surface area contributed by atoms with Crippen molar-refractivity contribution in [3.63, 3.8) is 0 Å². The van der Waals surface area contributed by atoms with Crippen LogP contribution < -0.4 is 0 Å². The fourth-order valence-corrected chi connectivity index (χ4v) is 3.50. The molecule has 4 saturated heterocycles. The van der Waals surface area contributed by atoms with E-state index < -0.39 is 0 Å². The molecule has 0 saturated carbocycles. The first-order chi connectivity index (χ1) is 7.63. The number of fused-ring (bicyclic) bond motifs is 5. The zero-order valence-electron chi connectivity index (χ0n) is 9.40. The Kier molecular flexibility index (Phi) is 1.60. The normalized spacial score (nSPS) is 57.3. The Morgan fingerprint density at radius 3 is 3.00 bits per heavy atom. The molecular weight excluding hydrogens is 208 g/mol. The van der Waals surface area contributed by atoms with Gasteiger partial charge in [0.2, 0.25) is 0 Å². The van der Waals surface area contributed by atoms with E-state index in [1.165, 1.54) is 0 Å². The van der Waals surface area contributed by atoms with Crippen molar-refractivity contribution in [2.24, 2.45) is 0 Å². The minimum absolute atomic E-state index is 0.0198. The second-order valence-corrected chi connectivity index (χ2v) is 5.71. The van der Waals surface area contributed by atoms with Crippen LogP contribution >= 0.6 is 0 Å². The highest BCUT2D eigenvalue weighted by Gasteiger charge is 2.77. The third-order valence-corrected chi connectivity index (χ3v) is 4.66. The molecule has 4 aliphatic heterocycles. The van der Waals surface area contributed by atoms with Gasteiger partial charge < -0.3 is 14.2 Å². The summed E-state index contributed by atoms with van der Waals surface area (Å²) in [6.45, 7) is 2.97. The van der Waals surface area contributed by atoms with Crippen LogP contribution in [-0.4, -0.2) is 41.9 Å². The van der Waals surface area contributed by atoms with E-state index in [1.54, 1.807) is 0 Å². The maximum atomic E-state index is 11.7. The summed E-state index contributed by atoms with van der Waals surface area (Å²) in [4.78, 5) is 11.7. The molecule has 2 bridgehead atoms. The number of ketones is 1. The average molecular weight is 224 g/mol. The van der Waals surface area contributed by atoms with Crippen molar-refractivity contribution in [3.05, 3.63) is 0 Å². The van der Waals surface area contributed by atoms with Crippen molar-refractivity contribution in [2.75, 3.05) is 6.61 Å². The van der Waals surface area contributed by atoms with E-state index in [0.717, 1.165) is 19.4 Å². The Bertz CT molecular complexity index is 364. The molecular formula is C12H16O4. The lowest BCUT2D eigenvalue weighted by Crippen LogP contribution is -2.48. The molecule has 0 aromatic heterocycles. The summed E-state index contributed by atoms with van der Waals surface area (Å²) in [7, 11) is 0. The van der Waals surface area contributed by atoms with E-state index in [4.69, 9.17) is 14.2 Å². The highest BCUT2D eigenvalue weighted by molar-refractivity contribution is 5.82. The Hall–Kier alpha value is -0.450. The topological polar surface area (TPSA) is 51.4 Å². The smallest absolute Gasteiger partial charge is 0.138 e. The van der Waals surface area contributed by atoms with Gasteiger partial charge in [0.15, 0.2) is 0 Å². The Labute approximate surface area is 94.2 Å². The molecule has 88 valence electrons. The van der Waals surface area contributed by atoms with E-state index in [0.29, 0.717) is 24.7 Å². The number of hydrogen-bond donors (Lipinski definition) is 0. The van der Waals surface area contributed by atoms with Gasteiger partial charge in [-0.15, -0.1) is 0 Å². The van der Waals surface area contributed by atoms with E-state index >= 15 is 0 Å².